The number of thiazole rings is 1. The number of rotatable bonds is 9. The molecule has 1 amide bonds. The zero-order valence-corrected chi connectivity index (χ0v) is 19.2. The predicted molar refractivity (Wildman–Crippen MR) is 124 cm³/mol. The molecule has 0 atom stereocenters. The summed E-state index contributed by atoms with van der Waals surface area (Å²) in [6, 6.07) is 9.19. The Morgan fingerprint density at radius 1 is 1.17 bits per heavy atom. The van der Waals surface area contributed by atoms with Gasteiger partial charge in [-0.2, -0.15) is 0 Å². The second-order valence-corrected chi connectivity index (χ2v) is 9.01. The molecule has 0 saturated carbocycles. The van der Waals surface area contributed by atoms with Gasteiger partial charge in [0.05, 0.1) is 19.4 Å². The Hall–Kier alpha value is -2.16. The van der Waals surface area contributed by atoms with E-state index in [1.807, 2.05) is 12.1 Å². The third kappa shape index (κ3) is 6.17. The summed E-state index contributed by atoms with van der Waals surface area (Å²) in [5.74, 6) is -0.0734. The van der Waals surface area contributed by atoms with Crippen molar-refractivity contribution < 1.29 is 9.53 Å². The summed E-state index contributed by atoms with van der Waals surface area (Å²) in [7, 11) is 0. The number of morpholine rings is 1. The van der Waals surface area contributed by atoms with Crippen molar-refractivity contribution in [3.05, 3.63) is 35.3 Å². The first-order chi connectivity index (χ1) is 14.4. The lowest BCUT2D eigenvalue weighted by atomic mass is 10.2. The molecule has 0 radical (unpaired) electrons. The highest BCUT2D eigenvalue weighted by Crippen LogP contribution is 2.25. The predicted octanol–water partition coefficient (Wildman–Crippen LogP) is 3.57. The molecule has 0 unspecified atom stereocenters. The van der Waals surface area contributed by atoms with Crippen LogP contribution in [0.15, 0.2) is 30.5 Å². The maximum absolute atomic E-state index is 12.4. The molecule has 1 aromatic heterocycles. The van der Waals surface area contributed by atoms with Crippen molar-refractivity contribution in [1.29, 1.82) is 0 Å². The summed E-state index contributed by atoms with van der Waals surface area (Å²) in [5.41, 5.74) is 2.15. The minimum absolute atomic E-state index is 0.0734. The van der Waals surface area contributed by atoms with Crippen molar-refractivity contribution in [3.8, 4) is 0 Å². The molecule has 3 rings (SSSR count). The van der Waals surface area contributed by atoms with E-state index in [4.69, 9.17) is 4.74 Å². The van der Waals surface area contributed by atoms with Gasteiger partial charge in [-0.05, 0) is 52.0 Å². The third-order valence-electron chi connectivity index (χ3n) is 5.21. The molecule has 1 aliphatic heterocycles. The van der Waals surface area contributed by atoms with E-state index in [2.05, 4.69) is 65.2 Å². The summed E-state index contributed by atoms with van der Waals surface area (Å²) in [6.45, 7) is 13.6. The Labute approximate surface area is 183 Å². The van der Waals surface area contributed by atoms with E-state index in [9.17, 15) is 4.79 Å². The van der Waals surface area contributed by atoms with E-state index in [-0.39, 0.29) is 5.91 Å². The first-order valence-electron chi connectivity index (χ1n) is 10.6. The minimum Gasteiger partial charge on any atom is -0.378 e. The van der Waals surface area contributed by atoms with E-state index < -0.39 is 0 Å². The Bertz CT molecular complexity index is 792. The van der Waals surface area contributed by atoms with Gasteiger partial charge in [0.15, 0.2) is 5.13 Å². The van der Waals surface area contributed by atoms with Crippen molar-refractivity contribution in [2.24, 2.45) is 0 Å². The first kappa shape index (κ1) is 22.5. The van der Waals surface area contributed by atoms with Gasteiger partial charge in [-0.15, -0.1) is 0 Å². The fourth-order valence-electron chi connectivity index (χ4n) is 3.64. The highest BCUT2D eigenvalue weighted by molar-refractivity contribution is 7.17. The number of ether oxygens (including phenoxy) is 1. The lowest BCUT2D eigenvalue weighted by Gasteiger charge is -2.30. The SMILES string of the molecule is CC(C)N(CCNC(=O)c1cnc(Nc2ccc(N3CCOCC3)cc2)s1)C(C)C. The molecule has 1 aliphatic rings. The molecule has 2 N–H and O–H groups in total. The Morgan fingerprint density at radius 2 is 1.83 bits per heavy atom. The van der Waals surface area contributed by atoms with Gasteiger partial charge < -0.3 is 20.3 Å². The average Bonchev–Trinajstić information content (AvgIpc) is 3.20. The van der Waals surface area contributed by atoms with Crippen molar-refractivity contribution in [2.75, 3.05) is 49.6 Å². The van der Waals surface area contributed by atoms with Gasteiger partial charge in [-0.25, -0.2) is 4.98 Å². The van der Waals surface area contributed by atoms with Gasteiger partial charge in [0.25, 0.3) is 5.91 Å². The highest BCUT2D eigenvalue weighted by Gasteiger charge is 2.15. The lowest BCUT2D eigenvalue weighted by molar-refractivity contribution is 0.0943. The van der Waals surface area contributed by atoms with E-state index in [1.165, 1.54) is 17.0 Å². The molecular formula is C22H33N5O2S. The quantitative estimate of drug-likeness (QED) is 0.633. The second kappa shape index (κ2) is 10.7. The van der Waals surface area contributed by atoms with E-state index in [1.54, 1.807) is 6.20 Å². The van der Waals surface area contributed by atoms with Gasteiger partial charge >= 0.3 is 0 Å². The van der Waals surface area contributed by atoms with Crippen LogP contribution in [0.25, 0.3) is 0 Å². The zero-order valence-electron chi connectivity index (χ0n) is 18.4. The largest absolute Gasteiger partial charge is 0.378 e. The van der Waals surface area contributed by atoms with Crippen LogP contribution in [-0.2, 0) is 4.74 Å². The van der Waals surface area contributed by atoms with Gasteiger partial charge in [0, 0.05) is 49.6 Å². The number of aromatic nitrogens is 1. The van der Waals surface area contributed by atoms with Crippen LogP contribution in [0, 0.1) is 0 Å². The van der Waals surface area contributed by atoms with Crippen molar-refractivity contribution in [2.45, 2.75) is 39.8 Å². The molecule has 164 valence electrons. The number of hydrogen-bond acceptors (Lipinski definition) is 7. The van der Waals surface area contributed by atoms with Crippen LogP contribution in [0.5, 0.6) is 0 Å². The number of carbonyl (C=O) groups excluding carboxylic acids is 1. The maximum Gasteiger partial charge on any atom is 0.263 e. The first-order valence-corrected chi connectivity index (χ1v) is 11.4. The molecule has 7 nitrogen and oxygen atoms in total. The molecule has 1 fully saturated rings. The summed E-state index contributed by atoms with van der Waals surface area (Å²) >= 11 is 1.36. The van der Waals surface area contributed by atoms with E-state index in [0.29, 0.717) is 28.6 Å². The number of nitrogens with zero attached hydrogens (tertiary/aromatic N) is 3. The molecule has 8 heteroatoms. The Balaban J connectivity index is 1.50. The van der Waals surface area contributed by atoms with E-state index in [0.717, 1.165) is 38.5 Å². The molecule has 2 aromatic rings. The van der Waals surface area contributed by atoms with Crippen molar-refractivity contribution in [3.63, 3.8) is 0 Å². The average molecular weight is 432 g/mol. The van der Waals surface area contributed by atoms with Gasteiger partial charge in [0.2, 0.25) is 0 Å². The number of amides is 1. The van der Waals surface area contributed by atoms with Gasteiger partial charge in [-0.3, -0.25) is 9.69 Å². The van der Waals surface area contributed by atoms with Crippen LogP contribution >= 0.6 is 11.3 Å². The molecule has 1 saturated heterocycles. The molecule has 2 heterocycles. The summed E-state index contributed by atoms with van der Waals surface area (Å²) < 4.78 is 5.41. The normalized spacial score (nSPS) is 14.6. The van der Waals surface area contributed by atoms with Crippen LogP contribution in [0.3, 0.4) is 0 Å². The van der Waals surface area contributed by atoms with Crippen LogP contribution in [0.1, 0.15) is 37.4 Å². The molecule has 0 spiro atoms. The van der Waals surface area contributed by atoms with Gasteiger partial charge in [-0.1, -0.05) is 11.3 Å². The van der Waals surface area contributed by atoms with Crippen LogP contribution in [-0.4, -0.2) is 67.3 Å². The maximum atomic E-state index is 12.4. The van der Waals surface area contributed by atoms with E-state index >= 15 is 0 Å². The van der Waals surface area contributed by atoms with Crippen molar-refractivity contribution in [1.82, 2.24) is 15.2 Å². The molecule has 0 bridgehead atoms. The number of anilines is 3. The number of hydrogen-bond donors (Lipinski definition) is 2. The summed E-state index contributed by atoms with van der Waals surface area (Å²) in [5, 5.41) is 7.01. The minimum atomic E-state index is -0.0734. The lowest BCUT2D eigenvalue weighted by Crippen LogP contribution is -2.42. The summed E-state index contributed by atoms with van der Waals surface area (Å²) in [6.07, 6.45) is 1.63. The zero-order chi connectivity index (χ0) is 21.5. The highest BCUT2D eigenvalue weighted by atomic mass is 32.1. The van der Waals surface area contributed by atoms with Crippen LogP contribution in [0.4, 0.5) is 16.5 Å². The standard InChI is InChI=1S/C22H33N5O2S/c1-16(2)27(17(3)4)10-9-23-21(28)20-15-24-22(30-20)25-18-5-7-19(8-6-18)26-11-13-29-14-12-26/h5-8,15-17H,9-14H2,1-4H3,(H,23,28)(H,24,25). The Kier molecular flexibility index (Phi) is 8.07. The van der Waals surface area contributed by atoms with Crippen LogP contribution < -0.4 is 15.5 Å². The van der Waals surface area contributed by atoms with Gasteiger partial charge in [0.1, 0.15) is 4.88 Å². The summed E-state index contributed by atoms with van der Waals surface area (Å²) in [4.78, 5) is 22.1. The molecule has 0 aliphatic carbocycles. The number of nitrogens with one attached hydrogen (secondary N) is 2. The molecular weight excluding hydrogens is 398 g/mol. The third-order valence-corrected chi connectivity index (χ3v) is 6.12. The fourth-order valence-corrected chi connectivity index (χ4v) is 4.39. The smallest absolute Gasteiger partial charge is 0.263 e. The topological polar surface area (TPSA) is 69.7 Å². The van der Waals surface area contributed by atoms with Crippen LogP contribution in [0.2, 0.25) is 0 Å². The fraction of sp³-hybridized carbons (Fsp3) is 0.545. The molecule has 30 heavy (non-hydrogen) atoms. The monoisotopic (exact) mass is 431 g/mol. The number of benzene rings is 1. The second-order valence-electron chi connectivity index (χ2n) is 7.98. The number of carbonyl (C=O) groups is 1. The molecule has 1 aromatic carbocycles. The van der Waals surface area contributed by atoms with Crippen molar-refractivity contribution >= 4 is 33.8 Å². The Morgan fingerprint density at radius 3 is 2.47 bits per heavy atom.